The summed E-state index contributed by atoms with van der Waals surface area (Å²) < 4.78 is 0. The number of aromatic amines is 1. The zero-order valence-electron chi connectivity index (χ0n) is 9.36. The molecule has 1 saturated carbocycles. The molecule has 0 radical (unpaired) electrons. The number of carbonyl (C=O) groups excluding carboxylic acids is 1. The Morgan fingerprint density at radius 2 is 2.29 bits per heavy atom. The van der Waals surface area contributed by atoms with E-state index in [2.05, 4.69) is 15.4 Å². The van der Waals surface area contributed by atoms with E-state index in [1.165, 1.54) is 0 Å². The van der Waals surface area contributed by atoms with Gasteiger partial charge in [0, 0.05) is 0 Å². The van der Waals surface area contributed by atoms with E-state index < -0.39 is 5.41 Å². The van der Waals surface area contributed by atoms with Gasteiger partial charge in [-0.2, -0.15) is 0 Å². The van der Waals surface area contributed by atoms with Crippen LogP contribution < -0.4 is 11.3 Å². The van der Waals surface area contributed by atoms with Gasteiger partial charge in [-0.1, -0.05) is 12.5 Å². The van der Waals surface area contributed by atoms with E-state index in [1.54, 1.807) is 6.33 Å². The minimum absolute atomic E-state index is 0.0948. The first-order chi connectivity index (χ1) is 8.26. The van der Waals surface area contributed by atoms with Gasteiger partial charge in [-0.15, -0.1) is 0 Å². The standard InChI is InChI=1S/C12H14N4O/c13-16-11(17)12(4-1-5-12)8-2-3-9-10(6-8)15-7-14-9/h2-3,6-7H,1,4-5,13H2,(H,14,15)(H,16,17). The molecule has 1 amide bonds. The molecule has 4 N–H and O–H groups in total. The molecule has 0 atom stereocenters. The Morgan fingerprint density at radius 3 is 2.94 bits per heavy atom. The summed E-state index contributed by atoms with van der Waals surface area (Å²) in [5.41, 5.74) is 4.73. The van der Waals surface area contributed by atoms with Gasteiger partial charge in [-0.25, -0.2) is 10.8 Å². The number of carbonyl (C=O) groups is 1. The van der Waals surface area contributed by atoms with Crippen molar-refractivity contribution in [1.82, 2.24) is 15.4 Å². The predicted molar refractivity (Wildman–Crippen MR) is 64.0 cm³/mol. The zero-order chi connectivity index (χ0) is 11.9. The van der Waals surface area contributed by atoms with E-state index in [1.807, 2.05) is 18.2 Å². The first-order valence-electron chi connectivity index (χ1n) is 5.71. The quantitative estimate of drug-likeness (QED) is 0.408. The lowest BCUT2D eigenvalue weighted by molar-refractivity contribution is -0.130. The van der Waals surface area contributed by atoms with Crippen LogP contribution in [0.25, 0.3) is 11.0 Å². The Morgan fingerprint density at radius 1 is 1.47 bits per heavy atom. The monoisotopic (exact) mass is 230 g/mol. The number of nitrogens with one attached hydrogen (secondary N) is 2. The highest BCUT2D eigenvalue weighted by Gasteiger charge is 2.45. The fraction of sp³-hybridized carbons (Fsp3) is 0.333. The van der Waals surface area contributed by atoms with Gasteiger partial charge in [0.05, 0.1) is 22.8 Å². The van der Waals surface area contributed by atoms with Crippen LogP contribution in [-0.2, 0) is 10.2 Å². The van der Waals surface area contributed by atoms with Crippen molar-refractivity contribution in [2.45, 2.75) is 24.7 Å². The number of fused-ring (bicyclic) bond motifs is 1. The topological polar surface area (TPSA) is 83.8 Å². The van der Waals surface area contributed by atoms with Crippen LogP contribution in [0.3, 0.4) is 0 Å². The second kappa shape index (κ2) is 3.56. The second-order valence-electron chi connectivity index (χ2n) is 4.54. The predicted octanol–water partition coefficient (Wildman–Crippen LogP) is 0.974. The summed E-state index contributed by atoms with van der Waals surface area (Å²) in [6.45, 7) is 0. The summed E-state index contributed by atoms with van der Waals surface area (Å²) in [4.78, 5) is 19.2. The molecule has 0 saturated heterocycles. The summed E-state index contributed by atoms with van der Waals surface area (Å²) in [5, 5.41) is 0. The molecule has 0 bridgehead atoms. The minimum Gasteiger partial charge on any atom is -0.345 e. The molecule has 3 rings (SSSR count). The molecule has 1 fully saturated rings. The van der Waals surface area contributed by atoms with Crippen molar-refractivity contribution in [1.29, 1.82) is 0 Å². The van der Waals surface area contributed by atoms with Crippen molar-refractivity contribution in [3.63, 3.8) is 0 Å². The first kappa shape index (κ1) is 10.3. The number of rotatable bonds is 2. The SMILES string of the molecule is NNC(=O)C1(c2ccc3nc[nH]c3c2)CCC1. The van der Waals surface area contributed by atoms with E-state index in [-0.39, 0.29) is 5.91 Å². The maximum atomic E-state index is 11.9. The lowest BCUT2D eigenvalue weighted by Gasteiger charge is -2.40. The Balaban J connectivity index is 2.09. The zero-order valence-corrected chi connectivity index (χ0v) is 9.36. The van der Waals surface area contributed by atoms with Gasteiger partial charge in [0.1, 0.15) is 0 Å². The van der Waals surface area contributed by atoms with E-state index in [4.69, 9.17) is 5.84 Å². The van der Waals surface area contributed by atoms with Crippen molar-refractivity contribution in [3.8, 4) is 0 Å². The average molecular weight is 230 g/mol. The normalized spacial score (nSPS) is 17.7. The molecule has 1 heterocycles. The number of nitrogens with zero attached hydrogens (tertiary/aromatic N) is 1. The number of imidazole rings is 1. The summed E-state index contributed by atoms with van der Waals surface area (Å²) in [5.74, 6) is 5.18. The van der Waals surface area contributed by atoms with Crippen LogP contribution >= 0.6 is 0 Å². The smallest absolute Gasteiger partial charge is 0.244 e. The first-order valence-corrected chi connectivity index (χ1v) is 5.71. The summed E-state index contributed by atoms with van der Waals surface area (Å²) in [6.07, 6.45) is 4.44. The number of nitrogens with two attached hydrogens (primary N) is 1. The van der Waals surface area contributed by atoms with Crippen LogP contribution in [-0.4, -0.2) is 15.9 Å². The number of amides is 1. The molecule has 5 heteroatoms. The van der Waals surface area contributed by atoms with Gasteiger partial charge in [0.2, 0.25) is 5.91 Å². The molecule has 0 unspecified atom stereocenters. The minimum atomic E-state index is -0.436. The number of hydrogen-bond acceptors (Lipinski definition) is 3. The van der Waals surface area contributed by atoms with Crippen LogP contribution in [0, 0.1) is 0 Å². The van der Waals surface area contributed by atoms with E-state index in [0.717, 1.165) is 35.9 Å². The lowest BCUT2D eigenvalue weighted by Crippen LogP contribution is -2.51. The van der Waals surface area contributed by atoms with E-state index >= 15 is 0 Å². The highest BCUT2D eigenvalue weighted by molar-refractivity contribution is 5.90. The van der Waals surface area contributed by atoms with Gasteiger partial charge in [0.15, 0.2) is 0 Å². The Bertz CT molecular complexity index is 571. The van der Waals surface area contributed by atoms with Crippen LogP contribution in [0.4, 0.5) is 0 Å². The highest BCUT2D eigenvalue weighted by Crippen LogP contribution is 2.44. The van der Waals surface area contributed by atoms with Crippen molar-refractivity contribution >= 4 is 16.9 Å². The molecule has 1 aromatic carbocycles. The molecule has 1 aliphatic rings. The Labute approximate surface area is 98.4 Å². The molecule has 1 aromatic heterocycles. The van der Waals surface area contributed by atoms with Crippen molar-refractivity contribution in [2.24, 2.45) is 5.84 Å². The summed E-state index contributed by atoms with van der Waals surface area (Å²) in [6, 6.07) is 5.90. The third-order valence-electron chi connectivity index (χ3n) is 3.75. The number of aromatic nitrogens is 2. The van der Waals surface area contributed by atoms with Gasteiger partial charge in [0.25, 0.3) is 0 Å². The Kier molecular flexibility index (Phi) is 2.16. The fourth-order valence-electron chi connectivity index (χ4n) is 2.55. The highest BCUT2D eigenvalue weighted by atomic mass is 16.2. The maximum absolute atomic E-state index is 11.9. The van der Waals surface area contributed by atoms with Crippen LogP contribution in [0.5, 0.6) is 0 Å². The summed E-state index contributed by atoms with van der Waals surface area (Å²) in [7, 11) is 0. The molecule has 17 heavy (non-hydrogen) atoms. The maximum Gasteiger partial charge on any atom is 0.244 e. The number of benzene rings is 1. The second-order valence-corrected chi connectivity index (χ2v) is 4.54. The fourth-order valence-corrected chi connectivity index (χ4v) is 2.55. The number of hydrazine groups is 1. The Hall–Kier alpha value is -1.88. The van der Waals surface area contributed by atoms with Gasteiger partial charge in [-0.3, -0.25) is 10.2 Å². The van der Waals surface area contributed by atoms with Gasteiger partial charge < -0.3 is 4.98 Å². The van der Waals surface area contributed by atoms with Crippen molar-refractivity contribution in [3.05, 3.63) is 30.1 Å². The molecule has 0 spiro atoms. The molecule has 5 nitrogen and oxygen atoms in total. The van der Waals surface area contributed by atoms with Crippen molar-refractivity contribution in [2.75, 3.05) is 0 Å². The third-order valence-corrected chi connectivity index (χ3v) is 3.75. The average Bonchev–Trinajstić information content (AvgIpc) is 2.74. The van der Waals surface area contributed by atoms with Crippen molar-refractivity contribution < 1.29 is 4.79 Å². The third kappa shape index (κ3) is 1.36. The number of H-pyrrole nitrogens is 1. The van der Waals surface area contributed by atoms with Gasteiger partial charge in [-0.05, 0) is 30.5 Å². The van der Waals surface area contributed by atoms with Crippen LogP contribution in [0.15, 0.2) is 24.5 Å². The number of hydrogen-bond donors (Lipinski definition) is 3. The summed E-state index contributed by atoms with van der Waals surface area (Å²) >= 11 is 0. The van der Waals surface area contributed by atoms with Gasteiger partial charge >= 0.3 is 0 Å². The van der Waals surface area contributed by atoms with Crippen LogP contribution in [0.2, 0.25) is 0 Å². The van der Waals surface area contributed by atoms with Crippen LogP contribution in [0.1, 0.15) is 24.8 Å². The molecule has 1 aliphatic carbocycles. The molecule has 2 aromatic rings. The molecule has 0 aliphatic heterocycles. The van der Waals surface area contributed by atoms with E-state index in [0.29, 0.717) is 0 Å². The van der Waals surface area contributed by atoms with E-state index in [9.17, 15) is 4.79 Å². The molecular weight excluding hydrogens is 216 g/mol. The lowest BCUT2D eigenvalue weighted by atomic mass is 9.64. The largest absolute Gasteiger partial charge is 0.345 e. The molecule has 88 valence electrons. The molecular formula is C12H14N4O.